The summed E-state index contributed by atoms with van der Waals surface area (Å²) in [6, 6.07) is 19.8. The van der Waals surface area contributed by atoms with Crippen LogP contribution in [0.2, 0.25) is 0 Å². The van der Waals surface area contributed by atoms with Crippen LogP contribution in [0.15, 0.2) is 60.7 Å². The lowest BCUT2D eigenvalue weighted by molar-refractivity contribution is -0.168. The maximum Gasteiger partial charge on any atom is 0.312 e. The Morgan fingerprint density at radius 1 is 1.15 bits per heavy atom. The number of rotatable bonds is 4. The van der Waals surface area contributed by atoms with Crippen molar-refractivity contribution >= 4 is 23.6 Å². The number of carbonyl (C=O) groups is 2. The molecule has 0 aromatic heterocycles. The Morgan fingerprint density at radius 3 is 2.46 bits per heavy atom. The molecule has 3 aliphatic heterocycles. The predicted molar refractivity (Wildman–Crippen MR) is 101 cm³/mol. The summed E-state index contributed by atoms with van der Waals surface area (Å²) in [4.78, 5) is 24.9. The first-order chi connectivity index (χ1) is 12.6. The van der Waals surface area contributed by atoms with Crippen LogP contribution >= 0.6 is 11.8 Å². The maximum absolute atomic E-state index is 12.9. The van der Waals surface area contributed by atoms with Gasteiger partial charge in [-0.3, -0.25) is 9.59 Å². The molecular formula is C21H21NO3S. The molecule has 134 valence electrons. The van der Waals surface area contributed by atoms with Crippen LogP contribution in [0.3, 0.4) is 0 Å². The molecule has 3 aliphatic rings. The number of ether oxygens (including phenoxy) is 1. The highest BCUT2D eigenvalue weighted by Gasteiger charge is 2.58. The molecule has 26 heavy (non-hydrogen) atoms. The van der Waals surface area contributed by atoms with Crippen LogP contribution in [0.1, 0.15) is 30.4 Å². The second kappa shape index (κ2) is 6.80. The van der Waals surface area contributed by atoms with Gasteiger partial charge in [-0.15, -0.1) is 11.8 Å². The Balaban J connectivity index is 1.56. The summed E-state index contributed by atoms with van der Waals surface area (Å²) in [5, 5.41) is 2.57. The molecule has 4 nitrogen and oxygen atoms in total. The van der Waals surface area contributed by atoms with E-state index >= 15 is 0 Å². The Bertz CT molecular complexity index is 811. The van der Waals surface area contributed by atoms with Gasteiger partial charge < -0.3 is 10.1 Å². The minimum Gasteiger partial charge on any atom is -0.448 e. The summed E-state index contributed by atoms with van der Waals surface area (Å²) in [5.41, 5.74) is 2.14. The minimum atomic E-state index is -0.652. The first kappa shape index (κ1) is 17.2. The first-order valence-corrected chi connectivity index (χ1v) is 9.71. The summed E-state index contributed by atoms with van der Waals surface area (Å²) >= 11 is 1.47. The molecule has 0 radical (unpaired) electrons. The highest BCUT2D eigenvalue weighted by atomic mass is 32.2. The number of amides is 1. The van der Waals surface area contributed by atoms with Gasteiger partial charge >= 0.3 is 5.97 Å². The standard InChI is InChI=1S/C21H21NO3S/c1-21-12-16(15-10-6-3-7-11-15)17(20(24)25-21)18(26-21)19(23)22-13-14-8-4-2-5-9-14/h2-11,16-18H,12-13H2,1H3,(H,22,23). The Morgan fingerprint density at radius 2 is 1.81 bits per heavy atom. The number of hydrogen-bond acceptors (Lipinski definition) is 4. The monoisotopic (exact) mass is 367 g/mol. The zero-order valence-corrected chi connectivity index (χ0v) is 15.4. The van der Waals surface area contributed by atoms with E-state index in [9.17, 15) is 9.59 Å². The van der Waals surface area contributed by atoms with E-state index in [-0.39, 0.29) is 17.8 Å². The van der Waals surface area contributed by atoms with E-state index in [1.165, 1.54) is 11.8 Å². The molecule has 0 aliphatic carbocycles. The van der Waals surface area contributed by atoms with Crippen LogP contribution in [0.25, 0.3) is 0 Å². The van der Waals surface area contributed by atoms with Crippen LogP contribution < -0.4 is 5.32 Å². The number of esters is 1. The Hall–Kier alpha value is -2.27. The van der Waals surface area contributed by atoms with Gasteiger partial charge in [0.1, 0.15) is 5.25 Å². The van der Waals surface area contributed by atoms with Gasteiger partial charge in [0.15, 0.2) is 4.93 Å². The molecule has 0 saturated carbocycles. The quantitative estimate of drug-likeness (QED) is 0.841. The van der Waals surface area contributed by atoms with Gasteiger partial charge in [0.05, 0.1) is 5.92 Å². The largest absolute Gasteiger partial charge is 0.448 e. The molecule has 2 aromatic carbocycles. The number of nitrogens with one attached hydrogen (secondary N) is 1. The van der Waals surface area contributed by atoms with Crippen LogP contribution in [0.5, 0.6) is 0 Å². The fourth-order valence-corrected chi connectivity index (χ4v) is 5.47. The molecule has 1 amide bonds. The second-order valence-electron chi connectivity index (χ2n) is 7.04. The van der Waals surface area contributed by atoms with Crippen molar-refractivity contribution in [1.82, 2.24) is 5.32 Å². The van der Waals surface area contributed by atoms with E-state index in [0.717, 1.165) is 17.5 Å². The Kier molecular flexibility index (Phi) is 4.49. The van der Waals surface area contributed by atoms with E-state index in [1.807, 2.05) is 67.6 Å². The van der Waals surface area contributed by atoms with Crippen molar-refractivity contribution in [2.75, 3.05) is 0 Å². The third kappa shape index (κ3) is 3.23. The molecule has 3 saturated heterocycles. The van der Waals surface area contributed by atoms with Gasteiger partial charge in [0, 0.05) is 18.9 Å². The van der Waals surface area contributed by atoms with Crippen LogP contribution in [0, 0.1) is 5.92 Å². The molecule has 2 bridgehead atoms. The SMILES string of the molecule is CC12CC(c3ccccc3)C(C(=O)O1)C(C(=O)NCc1ccccc1)S2. The van der Waals surface area contributed by atoms with E-state index in [0.29, 0.717) is 6.54 Å². The van der Waals surface area contributed by atoms with Gasteiger partial charge in [-0.2, -0.15) is 0 Å². The lowest BCUT2D eigenvalue weighted by atomic mass is 9.77. The molecule has 1 N–H and O–H groups in total. The fraction of sp³-hybridized carbons (Fsp3) is 0.333. The average Bonchev–Trinajstić information content (AvgIpc) is 2.66. The fourth-order valence-electron chi connectivity index (χ4n) is 3.89. The van der Waals surface area contributed by atoms with Gasteiger partial charge in [-0.1, -0.05) is 60.7 Å². The lowest BCUT2D eigenvalue weighted by Gasteiger charge is -2.50. The highest BCUT2D eigenvalue weighted by molar-refractivity contribution is 8.02. The number of carbonyl (C=O) groups excluding carboxylic acids is 2. The smallest absolute Gasteiger partial charge is 0.312 e. The normalized spacial score (nSPS) is 29.9. The van der Waals surface area contributed by atoms with Crippen molar-refractivity contribution in [3.05, 3.63) is 71.8 Å². The number of fused-ring (bicyclic) bond motifs is 3. The molecule has 3 heterocycles. The number of benzene rings is 2. The first-order valence-electron chi connectivity index (χ1n) is 8.83. The molecule has 5 heteroatoms. The average molecular weight is 367 g/mol. The van der Waals surface area contributed by atoms with Crippen molar-refractivity contribution in [2.45, 2.75) is 36.0 Å². The zero-order valence-electron chi connectivity index (χ0n) is 14.6. The summed E-state index contributed by atoms with van der Waals surface area (Å²) < 4.78 is 5.61. The van der Waals surface area contributed by atoms with E-state index in [2.05, 4.69) is 5.32 Å². The van der Waals surface area contributed by atoms with Crippen LogP contribution in [-0.2, 0) is 20.9 Å². The third-order valence-corrected chi connectivity index (χ3v) is 6.62. The molecule has 5 rings (SSSR count). The summed E-state index contributed by atoms with van der Waals surface area (Å²) in [7, 11) is 0. The maximum atomic E-state index is 12.9. The van der Waals surface area contributed by atoms with Gasteiger partial charge in [-0.25, -0.2) is 0 Å². The molecule has 0 spiro atoms. The second-order valence-corrected chi connectivity index (χ2v) is 8.65. The van der Waals surface area contributed by atoms with Crippen molar-refractivity contribution in [3.63, 3.8) is 0 Å². The zero-order chi connectivity index (χ0) is 18.1. The highest BCUT2D eigenvalue weighted by Crippen LogP contribution is 2.56. The molecule has 2 aromatic rings. The van der Waals surface area contributed by atoms with Crippen molar-refractivity contribution in [1.29, 1.82) is 0 Å². The van der Waals surface area contributed by atoms with Gasteiger partial charge in [-0.05, 0) is 18.1 Å². The van der Waals surface area contributed by atoms with E-state index in [4.69, 9.17) is 4.74 Å². The number of thioether (sulfide) groups is 1. The summed E-state index contributed by atoms with van der Waals surface area (Å²) in [6.45, 7) is 2.38. The number of hydrogen-bond donors (Lipinski definition) is 1. The molecule has 3 fully saturated rings. The molecule has 4 atom stereocenters. The van der Waals surface area contributed by atoms with Crippen LogP contribution in [-0.4, -0.2) is 22.1 Å². The topological polar surface area (TPSA) is 55.4 Å². The van der Waals surface area contributed by atoms with Gasteiger partial charge in [0.2, 0.25) is 5.91 Å². The summed E-state index contributed by atoms with van der Waals surface area (Å²) in [5.74, 6) is -0.783. The van der Waals surface area contributed by atoms with Gasteiger partial charge in [0.25, 0.3) is 0 Å². The van der Waals surface area contributed by atoms with Crippen molar-refractivity contribution in [3.8, 4) is 0 Å². The molecule has 4 unspecified atom stereocenters. The third-order valence-electron chi connectivity index (χ3n) is 5.11. The van der Waals surface area contributed by atoms with Crippen LogP contribution in [0.4, 0.5) is 0 Å². The lowest BCUT2D eigenvalue weighted by Crippen LogP contribution is -2.57. The Labute approximate surface area is 157 Å². The van der Waals surface area contributed by atoms with E-state index < -0.39 is 16.1 Å². The predicted octanol–water partition coefficient (Wildman–Crippen LogP) is 3.48. The van der Waals surface area contributed by atoms with E-state index in [1.54, 1.807) is 0 Å². The van der Waals surface area contributed by atoms with Crippen molar-refractivity contribution < 1.29 is 14.3 Å². The van der Waals surface area contributed by atoms with Crippen molar-refractivity contribution in [2.24, 2.45) is 5.92 Å². The summed E-state index contributed by atoms with van der Waals surface area (Å²) in [6.07, 6.45) is 0.737. The minimum absolute atomic E-state index is 0.0103. The molecular weight excluding hydrogens is 346 g/mol.